The van der Waals surface area contributed by atoms with Crippen molar-refractivity contribution in [2.75, 3.05) is 0 Å². The molecule has 1 aromatic heterocycles. The van der Waals surface area contributed by atoms with Crippen LogP contribution < -0.4 is 0 Å². The summed E-state index contributed by atoms with van der Waals surface area (Å²) in [6.07, 6.45) is -1.78. The van der Waals surface area contributed by atoms with E-state index in [2.05, 4.69) is 4.98 Å². The fraction of sp³-hybridized carbons (Fsp3) is 0.423. The molecule has 0 fully saturated rings. The third kappa shape index (κ3) is 3.84. The number of aliphatic hydroxyl groups is 1. The molecule has 2 unspecified atom stereocenters. The highest BCUT2D eigenvalue weighted by molar-refractivity contribution is 5.82. The number of halogens is 3. The van der Waals surface area contributed by atoms with Crippen molar-refractivity contribution in [3.63, 3.8) is 0 Å². The van der Waals surface area contributed by atoms with Gasteiger partial charge in [-0.25, -0.2) is 0 Å². The van der Waals surface area contributed by atoms with Gasteiger partial charge in [0.25, 0.3) is 0 Å². The van der Waals surface area contributed by atoms with Crippen molar-refractivity contribution >= 4 is 10.9 Å². The number of fused-ring (bicyclic) bond motifs is 2. The van der Waals surface area contributed by atoms with Crippen molar-refractivity contribution in [2.24, 2.45) is 0 Å². The van der Waals surface area contributed by atoms with Crippen LogP contribution in [0.15, 0.2) is 48.7 Å². The SMILES string of the molecule is Cc1ccc(C)c2c1CCCC2(C)CC(O)(Cc1ccnc2ccccc12)C(F)(F)F. The molecule has 5 heteroatoms. The second-order valence-corrected chi connectivity index (χ2v) is 9.34. The number of benzene rings is 2. The third-order valence-corrected chi connectivity index (χ3v) is 6.95. The number of alkyl halides is 3. The number of rotatable bonds is 4. The molecule has 4 rings (SSSR count). The molecule has 164 valence electrons. The summed E-state index contributed by atoms with van der Waals surface area (Å²) >= 11 is 0. The minimum absolute atomic E-state index is 0.364. The molecule has 0 saturated carbocycles. The van der Waals surface area contributed by atoms with Gasteiger partial charge in [-0.15, -0.1) is 0 Å². The first-order chi connectivity index (χ1) is 14.5. The van der Waals surface area contributed by atoms with Crippen molar-refractivity contribution in [3.05, 3.63) is 76.5 Å². The fourth-order valence-electron chi connectivity index (χ4n) is 5.52. The Balaban J connectivity index is 1.79. The van der Waals surface area contributed by atoms with Gasteiger partial charge in [-0.05, 0) is 84.9 Å². The van der Waals surface area contributed by atoms with E-state index in [0.29, 0.717) is 22.9 Å². The van der Waals surface area contributed by atoms with Crippen molar-refractivity contribution in [2.45, 2.75) is 70.1 Å². The van der Waals surface area contributed by atoms with Gasteiger partial charge in [0.05, 0.1) is 5.52 Å². The summed E-state index contributed by atoms with van der Waals surface area (Å²) in [7, 11) is 0. The lowest BCUT2D eigenvalue weighted by molar-refractivity contribution is -0.267. The molecule has 0 aliphatic heterocycles. The normalized spacial score (nSPS) is 21.0. The summed E-state index contributed by atoms with van der Waals surface area (Å²) in [6, 6.07) is 12.7. The van der Waals surface area contributed by atoms with E-state index in [1.807, 2.05) is 32.9 Å². The highest BCUT2D eigenvalue weighted by atomic mass is 19.4. The zero-order valence-electron chi connectivity index (χ0n) is 18.2. The number of hydrogen-bond acceptors (Lipinski definition) is 2. The monoisotopic (exact) mass is 427 g/mol. The molecule has 1 heterocycles. The van der Waals surface area contributed by atoms with Crippen LogP contribution in [0.2, 0.25) is 0 Å². The zero-order chi connectivity index (χ0) is 22.4. The molecule has 2 aromatic carbocycles. The number of pyridine rings is 1. The number of hydrogen-bond donors (Lipinski definition) is 1. The van der Waals surface area contributed by atoms with Crippen LogP contribution in [0.4, 0.5) is 13.2 Å². The van der Waals surface area contributed by atoms with E-state index in [0.717, 1.165) is 35.1 Å². The molecule has 3 aromatic rings. The van der Waals surface area contributed by atoms with E-state index in [-0.39, 0.29) is 6.42 Å². The Bertz CT molecular complexity index is 1120. The van der Waals surface area contributed by atoms with E-state index in [9.17, 15) is 18.3 Å². The van der Waals surface area contributed by atoms with Gasteiger partial charge in [0, 0.05) is 18.0 Å². The van der Waals surface area contributed by atoms with Gasteiger partial charge in [-0.1, -0.05) is 37.3 Å². The lowest BCUT2D eigenvalue weighted by atomic mass is 9.63. The summed E-state index contributed by atoms with van der Waals surface area (Å²) in [5.74, 6) is 0. The molecule has 31 heavy (non-hydrogen) atoms. The standard InChI is InChI=1S/C26H28F3NO/c1-17-10-11-18(2)23-20(17)8-6-13-24(23,3)16-25(31,26(27,28)29)15-19-12-14-30-22-9-5-4-7-21(19)22/h4-5,7,9-12,14,31H,6,8,13,15-16H2,1-3H3. The van der Waals surface area contributed by atoms with Gasteiger partial charge in [-0.2, -0.15) is 13.2 Å². The zero-order valence-corrected chi connectivity index (χ0v) is 18.2. The van der Waals surface area contributed by atoms with Crippen LogP contribution in [0, 0.1) is 13.8 Å². The Morgan fingerprint density at radius 2 is 1.74 bits per heavy atom. The predicted molar refractivity (Wildman–Crippen MR) is 117 cm³/mol. The molecule has 0 spiro atoms. The van der Waals surface area contributed by atoms with Crippen LogP contribution in [0.3, 0.4) is 0 Å². The van der Waals surface area contributed by atoms with Gasteiger partial charge >= 0.3 is 6.18 Å². The van der Waals surface area contributed by atoms with Crippen LogP contribution >= 0.6 is 0 Å². The number of aromatic nitrogens is 1. The minimum Gasteiger partial charge on any atom is -0.380 e. The number of nitrogens with zero attached hydrogens (tertiary/aromatic N) is 1. The Morgan fingerprint density at radius 1 is 1.03 bits per heavy atom. The van der Waals surface area contributed by atoms with E-state index < -0.39 is 23.6 Å². The molecule has 0 radical (unpaired) electrons. The van der Waals surface area contributed by atoms with Gasteiger partial charge < -0.3 is 5.11 Å². The summed E-state index contributed by atoms with van der Waals surface area (Å²) in [4.78, 5) is 4.25. The molecule has 1 aliphatic carbocycles. The minimum atomic E-state index is -4.75. The molecule has 1 aliphatic rings. The van der Waals surface area contributed by atoms with E-state index >= 15 is 0 Å². The number of aryl methyl sites for hydroxylation is 2. The molecule has 1 N–H and O–H groups in total. The van der Waals surface area contributed by atoms with E-state index in [1.165, 1.54) is 6.20 Å². The van der Waals surface area contributed by atoms with Gasteiger partial charge in [0.2, 0.25) is 0 Å². The summed E-state index contributed by atoms with van der Waals surface area (Å²) in [5.41, 5.74) is 1.75. The Hall–Kier alpha value is -2.40. The van der Waals surface area contributed by atoms with Gasteiger partial charge in [0.15, 0.2) is 5.60 Å². The maximum atomic E-state index is 14.4. The van der Waals surface area contributed by atoms with Gasteiger partial charge in [0.1, 0.15) is 0 Å². The maximum Gasteiger partial charge on any atom is 0.417 e. The molecular weight excluding hydrogens is 399 g/mol. The quantitative estimate of drug-likeness (QED) is 0.525. The summed E-state index contributed by atoms with van der Waals surface area (Å²) in [6.45, 7) is 5.87. The topological polar surface area (TPSA) is 33.1 Å². The molecule has 0 saturated heterocycles. The first-order valence-corrected chi connectivity index (χ1v) is 10.8. The Morgan fingerprint density at radius 3 is 2.48 bits per heavy atom. The highest BCUT2D eigenvalue weighted by Crippen LogP contribution is 2.49. The van der Waals surface area contributed by atoms with Crippen LogP contribution in [-0.4, -0.2) is 21.9 Å². The van der Waals surface area contributed by atoms with Crippen molar-refractivity contribution in [1.29, 1.82) is 0 Å². The van der Waals surface area contributed by atoms with Crippen LogP contribution in [0.25, 0.3) is 10.9 Å². The summed E-state index contributed by atoms with van der Waals surface area (Å²) in [5, 5.41) is 11.9. The smallest absolute Gasteiger partial charge is 0.380 e. The largest absolute Gasteiger partial charge is 0.417 e. The first kappa shape index (κ1) is 21.8. The summed E-state index contributed by atoms with van der Waals surface area (Å²) < 4.78 is 43.2. The fourth-order valence-corrected chi connectivity index (χ4v) is 5.52. The second kappa shape index (κ2) is 7.63. The van der Waals surface area contributed by atoms with Crippen LogP contribution in [0.1, 0.15) is 54.0 Å². The maximum absolute atomic E-state index is 14.4. The predicted octanol–water partition coefficient (Wildman–Crippen LogP) is 6.37. The van der Waals surface area contributed by atoms with E-state index in [4.69, 9.17) is 0 Å². The van der Waals surface area contributed by atoms with Crippen LogP contribution in [-0.2, 0) is 18.3 Å². The van der Waals surface area contributed by atoms with Crippen molar-refractivity contribution in [1.82, 2.24) is 4.98 Å². The average Bonchev–Trinajstić information content (AvgIpc) is 2.70. The molecule has 0 bridgehead atoms. The lowest BCUT2D eigenvalue weighted by Gasteiger charge is -2.44. The Kier molecular flexibility index (Phi) is 5.37. The van der Waals surface area contributed by atoms with Crippen LogP contribution in [0.5, 0.6) is 0 Å². The molecule has 2 atom stereocenters. The Labute approximate surface area is 181 Å². The van der Waals surface area contributed by atoms with E-state index in [1.54, 1.807) is 30.3 Å². The third-order valence-electron chi connectivity index (χ3n) is 6.95. The highest BCUT2D eigenvalue weighted by Gasteiger charge is 2.57. The van der Waals surface area contributed by atoms with Gasteiger partial charge in [-0.3, -0.25) is 4.98 Å². The lowest BCUT2D eigenvalue weighted by Crippen LogP contribution is -2.52. The molecule has 0 amide bonds. The molecule has 2 nitrogen and oxygen atoms in total. The molecular formula is C26H28F3NO. The van der Waals surface area contributed by atoms with Crippen molar-refractivity contribution < 1.29 is 18.3 Å². The van der Waals surface area contributed by atoms with Crippen molar-refractivity contribution in [3.8, 4) is 0 Å². The first-order valence-electron chi connectivity index (χ1n) is 10.8. The second-order valence-electron chi connectivity index (χ2n) is 9.34. The number of para-hydroxylation sites is 1. The average molecular weight is 428 g/mol.